The van der Waals surface area contributed by atoms with Crippen LogP contribution in [0, 0.1) is 0 Å². The van der Waals surface area contributed by atoms with Gasteiger partial charge in [-0.15, -0.1) is 0 Å². The Labute approximate surface area is 146 Å². The molecule has 1 aromatic carbocycles. The predicted octanol–water partition coefficient (Wildman–Crippen LogP) is 4.25. The molecular weight excluding hydrogens is 326 g/mol. The number of hydrogen-bond acceptors (Lipinski definition) is 3. The Balaban J connectivity index is 1.43. The Morgan fingerprint density at radius 3 is 2.54 bits per heavy atom. The fourth-order valence-corrected chi connectivity index (χ4v) is 3.00. The van der Waals surface area contributed by atoms with Crippen LogP contribution in [-0.2, 0) is 0 Å². The molecular formula is C18H20ClN3O2. The lowest BCUT2D eigenvalue weighted by Gasteiger charge is -2.29. The number of amides is 2. The summed E-state index contributed by atoms with van der Waals surface area (Å²) in [5.41, 5.74) is 0.615. The molecule has 1 aliphatic rings. The van der Waals surface area contributed by atoms with Crippen molar-refractivity contribution in [3.05, 3.63) is 53.7 Å². The molecule has 126 valence electrons. The van der Waals surface area contributed by atoms with E-state index in [2.05, 4.69) is 15.6 Å². The lowest BCUT2D eigenvalue weighted by Crippen LogP contribution is -2.41. The summed E-state index contributed by atoms with van der Waals surface area (Å²) in [4.78, 5) is 16.3. The van der Waals surface area contributed by atoms with E-state index in [0.29, 0.717) is 16.6 Å². The fraction of sp³-hybridized carbons (Fsp3) is 0.333. The number of ether oxygens (including phenoxy) is 1. The second-order valence-electron chi connectivity index (χ2n) is 5.84. The minimum Gasteiger partial charge on any atom is -0.474 e. The molecule has 6 heteroatoms. The van der Waals surface area contributed by atoms with Crippen LogP contribution in [0.5, 0.6) is 5.88 Å². The van der Waals surface area contributed by atoms with E-state index in [-0.39, 0.29) is 18.2 Å². The molecule has 0 bridgehead atoms. The molecule has 0 spiro atoms. The molecule has 3 rings (SSSR count). The number of nitrogens with zero attached hydrogens (tertiary/aromatic N) is 1. The molecule has 1 aromatic heterocycles. The maximum atomic E-state index is 12.1. The van der Waals surface area contributed by atoms with Gasteiger partial charge in [-0.3, -0.25) is 0 Å². The van der Waals surface area contributed by atoms with Gasteiger partial charge in [0.15, 0.2) is 0 Å². The van der Waals surface area contributed by atoms with Crippen LogP contribution < -0.4 is 15.4 Å². The van der Waals surface area contributed by atoms with E-state index in [1.807, 2.05) is 30.3 Å². The van der Waals surface area contributed by atoms with Gasteiger partial charge in [-0.05, 0) is 43.9 Å². The Morgan fingerprint density at radius 1 is 1.08 bits per heavy atom. The summed E-state index contributed by atoms with van der Waals surface area (Å²) < 4.78 is 5.86. The van der Waals surface area contributed by atoms with Gasteiger partial charge in [0, 0.05) is 18.3 Å². The van der Waals surface area contributed by atoms with Crippen LogP contribution in [0.2, 0.25) is 5.02 Å². The van der Waals surface area contributed by atoms with Gasteiger partial charge in [0.25, 0.3) is 0 Å². The highest BCUT2D eigenvalue weighted by Gasteiger charge is 2.24. The van der Waals surface area contributed by atoms with Crippen molar-refractivity contribution in [3.8, 4) is 5.88 Å². The highest BCUT2D eigenvalue weighted by molar-refractivity contribution is 6.33. The Kier molecular flexibility index (Phi) is 5.54. The van der Waals surface area contributed by atoms with E-state index in [4.69, 9.17) is 16.3 Å². The predicted molar refractivity (Wildman–Crippen MR) is 94.5 cm³/mol. The lowest BCUT2D eigenvalue weighted by molar-refractivity contribution is 0.135. The number of pyridine rings is 1. The molecule has 0 saturated heterocycles. The molecule has 0 radical (unpaired) electrons. The first-order valence-electron chi connectivity index (χ1n) is 8.10. The number of aromatic nitrogens is 1. The van der Waals surface area contributed by atoms with Crippen molar-refractivity contribution >= 4 is 23.3 Å². The Bertz CT molecular complexity index is 673. The van der Waals surface area contributed by atoms with E-state index >= 15 is 0 Å². The van der Waals surface area contributed by atoms with Crippen LogP contribution in [0.1, 0.15) is 25.7 Å². The van der Waals surface area contributed by atoms with Crippen molar-refractivity contribution in [1.82, 2.24) is 10.3 Å². The zero-order chi connectivity index (χ0) is 16.8. The van der Waals surface area contributed by atoms with Crippen LogP contribution in [0.15, 0.2) is 48.7 Å². The quantitative estimate of drug-likeness (QED) is 0.870. The summed E-state index contributed by atoms with van der Waals surface area (Å²) in [5.74, 6) is 0.658. The van der Waals surface area contributed by atoms with Crippen molar-refractivity contribution in [3.63, 3.8) is 0 Å². The van der Waals surface area contributed by atoms with Crippen LogP contribution in [0.4, 0.5) is 10.5 Å². The number of halogens is 1. The average Bonchev–Trinajstić information content (AvgIpc) is 2.60. The number of nitrogens with one attached hydrogen (secondary N) is 2. The molecule has 0 aliphatic heterocycles. The summed E-state index contributed by atoms with van der Waals surface area (Å²) in [5, 5.41) is 6.31. The molecule has 24 heavy (non-hydrogen) atoms. The van der Waals surface area contributed by atoms with Gasteiger partial charge in [0.2, 0.25) is 5.88 Å². The summed E-state index contributed by atoms with van der Waals surface area (Å²) in [6.07, 6.45) is 5.44. The van der Waals surface area contributed by atoms with Crippen LogP contribution in [0.3, 0.4) is 0 Å². The van der Waals surface area contributed by atoms with Crippen LogP contribution >= 0.6 is 11.6 Å². The number of anilines is 1. The Morgan fingerprint density at radius 2 is 1.83 bits per heavy atom. The monoisotopic (exact) mass is 345 g/mol. The first-order valence-corrected chi connectivity index (χ1v) is 8.48. The summed E-state index contributed by atoms with van der Waals surface area (Å²) in [6, 6.07) is 12.8. The summed E-state index contributed by atoms with van der Waals surface area (Å²) in [7, 11) is 0. The molecule has 0 atom stereocenters. The van der Waals surface area contributed by atoms with Gasteiger partial charge < -0.3 is 15.4 Å². The van der Waals surface area contributed by atoms with E-state index in [1.165, 1.54) is 0 Å². The van der Waals surface area contributed by atoms with E-state index in [9.17, 15) is 4.79 Å². The molecule has 2 N–H and O–H groups in total. The van der Waals surface area contributed by atoms with Crippen molar-refractivity contribution in [1.29, 1.82) is 0 Å². The van der Waals surface area contributed by atoms with Crippen molar-refractivity contribution < 1.29 is 9.53 Å². The number of carbonyl (C=O) groups excluding carboxylic acids is 1. The normalized spacial score (nSPS) is 20.2. The zero-order valence-electron chi connectivity index (χ0n) is 13.2. The van der Waals surface area contributed by atoms with Gasteiger partial charge in [-0.25, -0.2) is 9.78 Å². The molecule has 1 fully saturated rings. The number of rotatable bonds is 4. The third kappa shape index (κ3) is 4.61. The maximum Gasteiger partial charge on any atom is 0.319 e. The zero-order valence-corrected chi connectivity index (χ0v) is 14.0. The molecule has 2 amide bonds. The van der Waals surface area contributed by atoms with Crippen LogP contribution in [-0.4, -0.2) is 23.2 Å². The second kappa shape index (κ2) is 8.02. The second-order valence-corrected chi connectivity index (χ2v) is 6.24. The molecule has 1 aliphatic carbocycles. The number of carbonyl (C=O) groups is 1. The number of benzene rings is 1. The fourth-order valence-electron chi connectivity index (χ4n) is 2.82. The number of para-hydroxylation sites is 1. The molecule has 5 nitrogen and oxygen atoms in total. The SMILES string of the molecule is O=C(Nc1ccccc1Cl)NC1CCC(Oc2ccccn2)CC1. The first-order chi connectivity index (χ1) is 11.7. The van der Waals surface area contributed by atoms with Gasteiger partial charge in [0.1, 0.15) is 6.10 Å². The van der Waals surface area contributed by atoms with E-state index < -0.39 is 0 Å². The van der Waals surface area contributed by atoms with E-state index in [1.54, 1.807) is 18.3 Å². The highest BCUT2D eigenvalue weighted by Crippen LogP contribution is 2.23. The number of urea groups is 1. The van der Waals surface area contributed by atoms with E-state index in [0.717, 1.165) is 25.7 Å². The standard InChI is InChI=1S/C18H20ClN3O2/c19-15-5-1-2-6-16(15)22-18(23)21-13-8-10-14(11-9-13)24-17-7-3-4-12-20-17/h1-7,12-14H,8-11H2,(H2,21,22,23). The topological polar surface area (TPSA) is 63.2 Å². The van der Waals surface area contributed by atoms with Gasteiger partial charge >= 0.3 is 6.03 Å². The highest BCUT2D eigenvalue weighted by atomic mass is 35.5. The van der Waals surface area contributed by atoms with Gasteiger partial charge in [-0.2, -0.15) is 0 Å². The summed E-state index contributed by atoms with van der Waals surface area (Å²) in [6.45, 7) is 0. The first kappa shape index (κ1) is 16.6. The third-order valence-corrected chi connectivity index (χ3v) is 4.39. The van der Waals surface area contributed by atoms with Crippen molar-refractivity contribution in [2.75, 3.05) is 5.32 Å². The third-order valence-electron chi connectivity index (χ3n) is 4.06. The minimum absolute atomic E-state index is 0.149. The molecule has 1 saturated carbocycles. The Hall–Kier alpha value is -2.27. The minimum atomic E-state index is -0.225. The average molecular weight is 346 g/mol. The molecule has 0 unspecified atom stereocenters. The summed E-state index contributed by atoms with van der Waals surface area (Å²) >= 11 is 6.04. The number of hydrogen-bond donors (Lipinski definition) is 2. The molecule has 1 heterocycles. The molecule has 2 aromatic rings. The smallest absolute Gasteiger partial charge is 0.319 e. The largest absolute Gasteiger partial charge is 0.474 e. The van der Waals surface area contributed by atoms with Gasteiger partial charge in [-0.1, -0.05) is 29.8 Å². The maximum absolute atomic E-state index is 12.1. The van der Waals surface area contributed by atoms with Crippen LogP contribution in [0.25, 0.3) is 0 Å². The lowest BCUT2D eigenvalue weighted by atomic mass is 9.93. The van der Waals surface area contributed by atoms with Gasteiger partial charge in [0.05, 0.1) is 10.7 Å². The van der Waals surface area contributed by atoms with Crippen molar-refractivity contribution in [2.45, 2.75) is 37.8 Å². The van der Waals surface area contributed by atoms with Crippen molar-refractivity contribution in [2.24, 2.45) is 0 Å².